The fourth-order valence-electron chi connectivity index (χ4n) is 1.59. The van der Waals surface area contributed by atoms with E-state index in [9.17, 15) is 8.42 Å². The van der Waals surface area contributed by atoms with Crippen LogP contribution in [0.3, 0.4) is 0 Å². The van der Waals surface area contributed by atoms with E-state index in [1.54, 1.807) is 0 Å². The molecule has 2 unspecified atom stereocenters. The summed E-state index contributed by atoms with van der Waals surface area (Å²) in [5, 5.41) is 4.94. The maximum Gasteiger partial charge on any atom is 0.209 e. The first kappa shape index (κ1) is 13.9. The van der Waals surface area contributed by atoms with Crippen molar-refractivity contribution < 1.29 is 17.9 Å². The molecular weight excluding hydrogens is 230 g/mol. The highest BCUT2D eigenvalue weighted by molar-refractivity contribution is 7.89. The Bertz CT molecular complexity index is 285. The molecule has 0 saturated carbocycles. The fraction of sp³-hybridized carbons (Fsp3) is 1.00. The van der Waals surface area contributed by atoms with Crippen LogP contribution < -0.4 is 5.14 Å². The minimum atomic E-state index is -3.32. The first-order valence-electron chi connectivity index (χ1n) is 5.67. The minimum Gasteiger partial charge on any atom is -0.379 e. The van der Waals surface area contributed by atoms with Crippen molar-refractivity contribution in [3.8, 4) is 0 Å². The second kappa shape index (κ2) is 6.54. The molecule has 2 N–H and O–H groups in total. The molecule has 0 spiro atoms. The van der Waals surface area contributed by atoms with Crippen LogP contribution in [-0.4, -0.2) is 40.1 Å². The average Bonchev–Trinajstić information content (AvgIpc) is 2.66. The zero-order chi connectivity index (χ0) is 12.0. The predicted octanol–water partition coefficient (Wildman–Crippen LogP) is 0.497. The molecule has 1 fully saturated rings. The summed E-state index contributed by atoms with van der Waals surface area (Å²) in [5.41, 5.74) is 0. The maximum absolute atomic E-state index is 10.7. The lowest BCUT2D eigenvalue weighted by Crippen LogP contribution is -2.19. The van der Waals surface area contributed by atoms with Gasteiger partial charge >= 0.3 is 0 Å². The van der Waals surface area contributed by atoms with Crippen LogP contribution in [0.1, 0.15) is 26.2 Å². The smallest absolute Gasteiger partial charge is 0.209 e. The lowest BCUT2D eigenvalue weighted by molar-refractivity contribution is 0.0362. The number of rotatable bonds is 7. The normalized spacial score (nSPS) is 23.5. The molecular formula is C10H21NO4S. The third kappa shape index (κ3) is 6.42. The second-order valence-electron chi connectivity index (χ2n) is 4.41. The summed E-state index contributed by atoms with van der Waals surface area (Å²) < 4.78 is 32.3. The van der Waals surface area contributed by atoms with E-state index >= 15 is 0 Å². The summed E-state index contributed by atoms with van der Waals surface area (Å²) in [6.07, 6.45) is 2.66. The number of ether oxygens (including phenoxy) is 2. The third-order valence-electron chi connectivity index (χ3n) is 2.75. The number of nitrogens with two attached hydrogens (primary N) is 1. The van der Waals surface area contributed by atoms with E-state index < -0.39 is 10.0 Å². The van der Waals surface area contributed by atoms with Gasteiger partial charge in [0.05, 0.1) is 18.5 Å². The fourth-order valence-corrected chi connectivity index (χ4v) is 2.32. The summed E-state index contributed by atoms with van der Waals surface area (Å²) in [4.78, 5) is 0. The van der Waals surface area contributed by atoms with Crippen LogP contribution in [0.5, 0.6) is 0 Å². The van der Waals surface area contributed by atoms with Gasteiger partial charge in [-0.25, -0.2) is 13.6 Å². The molecule has 0 aromatic rings. The molecule has 1 rings (SSSR count). The Morgan fingerprint density at radius 1 is 1.50 bits per heavy atom. The first-order chi connectivity index (χ1) is 7.47. The molecule has 0 aromatic carbocycles. The summed E-state index contributed by atoms with van der Waals surface area (Å²) in [6.45, 7) is 4.15. The molecule has 0 aromatic heterocycles. The SMILES string of the molecule is CC(CCOC1CCOC1)CCS(N)(=O)=O. The van der Waals surface area contributed by atoms with Crippen LogP contribution in [0.15, 0.2) is 0 Å². The molecule has 0 radical (unpaired) electrons. The number of hydrogen-bond acceptors (Lipinski definition) is 4. The van der Waals surface area contributed by atoms with Crippen molar-refractivity contribution in [1.82, 2.24) is 0 Å². The Balaban J connectivity index is 2.03. The number of sulfonamides is 1. The van der Waals surface area contributed by atoms with Gasteiger partial charge in [0.25, 0.3) is 0 Å². The highest BCUT2D eigenvalue weighted by Crippen LogP contribution is 2.12. The second-order valence-corrected chi connectivity index (χ2v) is 6.14. The van der Waals surface area contributed by atoms with Crippen molar-refractivity contribution in [3.05, 3.63) is 0 Å². The third-order valence-corrected chi connectivity index (χ3v) is 3.55. The lowest BCUT2D eigenvalue weighted by Gasteiger charge is -2.13. The Kier molecular flexibility index (Phi) is 5.68. The largest absolute Gasteiger partial charge is 0.379 e. The van der Waals surface area contributed by atoms with E-state index in [1.807, 2.05) is 6.92 Å². The van der Waals surface area contributed by atoms with Crippen molar-refractivity contribution in [2.75, 3.05) is 25.6 Å². The number of primary sulfonamides is 1. The Labute approximate surface area is 97.3 Å². The molecule has 5 nitrogen and oxygen atoms in total. The van der Waals surface area contributed by atoms with Crippen molar-refractivity contribution in [2.24, 2.45) is 11.1 Å². The zero-order valence-electron chi connectivity index (χ0n) is 9.72. The topological polar surface area (TPSA) is 78.6 Å². The van der Waals surface area contributed by atoms with Gasteiger partial charge in [-0.2, -0.15) is 0 Å². The van der Waals surface area contributed by atoms with E-state index in [0.717, 1.165) is 19.4 Å². The average molecular weight is 251 g/mol. The van der Waals surface area contributed by atoms with Gasteiger partial charge in [-0.15, -0.1) is 0 Å². The Hall–Kier alpha value is -0.170. The van der Waals surface area contributed by atoms with Crippen molar-refractivity contribution in [1.29, 1.82) is 0 Å². The summed E-state index contributed by atoms with van der Waals surface area (Å²) in [6, 6.07) is 0. The van der Waals surface area contributed by atoms with Crippen molar-refractivity contribution in [2.45, 2.75) is 32.3 Å². The van der Waals surface area contributed by atoms with Crippen LogP contribution in [-0.2, 0) is 19.5 Å². The highest BCUT2D eigenvalue weighted by atomic mass is 32.2. The molecule has 1 aliphatic rings. The van der Waals surface area contributed by atoms with Gasteiger partial charge in [0, 0.05) is 13.2 Å². The highest BCUT2D eigenvalue weighted by Gasteiger charge is 2.16. The molecule has 1 aliphatic heterocycles. The van der Waals surface area contributed by atoms with E-state index in [-0.39, 0.29) is 11.9 Å². The van der Waals surface area contributed by atoms with Gasteiger partial charge in [-0.3, -0.25) is 0 Å². The van der Waals surface area contributed by atoms with E-state index in [1.165, 1.54) is 0 Å². The van der Waals surface area contributed by atoms with Crippen LogP contribution in [0, 0.1) is 5.92 Å². The van der Waals surface area contributed by atoms with Gasteiger partial charge in [0.2, 0.25) is 10.0 Å². The van der Waals surface area contributed by atoms with Crippen molar-refractivity contribution in [3.63, 3.8) is 0 Å². The molecule has 16 heavy (non-hydrogen) atoms. The van der Waals surface area contributed by atoms with Crippen LogP contribution in [0.4, 0.5) is 0 Å². The van der Waals surface area contributed by atoms with Gasteiger partial charge in [-0.05, 0) is 25.2 Å². The van der Waals surface area contributed by atoms with E-state index in [0.29, 0.717) is 25.6 Å². The summed E-state index contributed by atoms with van der Waals surface area (Å²) in [7, 11) is -3.32. The van der Waals surface area contributed by atoms with E-state index in [2.05, 4.69) is 0 Å². The van der Waals surface area contributed by atoms with Crippen LogP contribution in [0.2, 0.25) is 0 Å². The molecule has 2 atom stereocenters. The predicted molar refractivity (Wildman–Crippen MR) is 61.5 cm³/mol. The quantitative estimate of drug-likeness (QED) is 0.714. The molecule has 0 amide bonds. The van der Waals surface area contributed by atoms with Gasteiger partial charge < -0.3 is 9.47 Å². The lowest BCUT2D eigenvalue weighted by atomic mass is 10.1. The van der Waals surface area contributed by atoms with Gasteiger partial charge in [0.15, 0.2) is 0 Å². The Morgan fingerprint density at radius 2 is 2.25 bits per heavy atom. The van der Waals surface area contributed by atoms with Gasteiger partial charge in [0.1, 0.15) is 0 Å². The minimum absolute atomic E-state index is 0.0563. The standard InChI is InChI=1S/C10H21NO4S/c1-9(4-7-16(11,12)13)2-6-15-10-3-5-14-8-10/h9-10H,2-8H2,1H3,(H2,11,12,13). The summed E-state index contributed by atoms with van der Waals surface area (Å²) in [5.74, 6) is 0.376. The summed E-state index contributed by atoms with van der Waals surface area (Å²) >= 11 is 0. The molecule has 6 heteroatoms. The van der Waals surface area contributed by atoms with Crippen LogP contribution >= 0.6 is 0 Å². The molecule has 0 aliphatic carbocycles. The monoisotopic (exact) mass is 251 g/mol. The van der Waals surface area contributed by atoms with Gasteiger partial charge in [-0.1, -0.05) is 6.92 Å². The van der Waals surface area contributed by atoms with Crippen molar-refractivity contribution >= 4 is 10.0 Å². The first-order valence-corrected chi connectivity index (χ1v) is 7.39. The van der Waals surface area contributed by atoms with Crippen LogP contribution in [0.25, 0.3) is 0 Å². The van der Waals surface area contributed by atoms with E-state index in [4.69, 9.17) is 14.6 Å². The molecule has 96 valence electrons. The maximum atomic E-state index is 10.7. The Morgan fingerprint density at radius 3 is 2.81 bits per heavy atom. The molecule has 0 bridgehead atoms. The number of hydrogen-bond donors (Lipinski definition) is 1. The molecule has 1 heterocycles. The molecule has 1 saturated heterocycles. The zero-order valence-corrected chi connectivity index (χ0v) is 10.5.